The number of hydrogen-bond donors (Lipinski definition) is 2. The van der Waals surface area contributed by atoms with Gasteiger partial charge in [-0.1, -0.05) is 12.1 Å². The highest BCUT2D eigenvalue weighted by Gasteiger charge is 2.11. The van der Waals surface area contributed by atoms with Crippen molar-refractivity contribution in [2.75, 3.05) is 20.2 Å². The Hall–Kier alpha value is -1.88. The first-order valence-corrected chi connectivity index (χ1v) is 4.74. The molecular formula is C11H13NO4. The van der Waals surface area contributed by atoms with Crippen molar-refractivity contribution < 1.29 is 19.4 Å². The number of methoxy groups -OCH3 is 1. The number of carboxylic acids is 1. The van der Waals surface area contributed by atoms with Crippen molar-refractivity contribution in [3.63, 3.8) is 0 Å². The molecule has 1 aromatic carbocycles. The fourth-order valence-corrected chi connectivity index (χ4v) is 1.25. The van der Waals surface area contributed by atoms with Gasteiger partial charge in [0.05, 0.1) is 25.8 Å². The summed E-state index contributed by atoms with van der Waals surface area (Å²) < 4.78 is 5.03. The van der Waals surface area contributed by atoms with E-state index in [1.54, 1.807) is 24.3 Å². The molecule has 0 atom stereocenters. The minimum Gasteiger partial charge on any atom is -0.496 e. The predicted molar refractivity (Wildman–Crippen MR) is 57.8 cm³/mol. The van der Waals surface area contributed by atoms with E-state index in [2.05, 4.69) is 5.32 Å². The lowest BCUT2D eigenvalue weighted by Gasteiger charge is -2.07. The third kappa shape index (κ3) is 3.36. The predicted octanol–water partition coefficient (Wildman–Crippen LogP) is 0.552. The lowest BCUT2D eigenvalue weighted by Crippen LogP contribution is -2.28. The second-order valence-electron chi connectivity index (χ2n) is 3.12. The van der Waals surface area contributed by atoms with Gasteiger partial charge in [0.2, 0.25) is 0 Å². The molecule has 16 heavy (non-hydrogen) atoms. The molecule has 0 heterocycles. The Morgan fingerprint density at radius 1 is 1.31 bits per heavy atom. The molecule has 0 aromatic heterocycles. The van der Waals surface area contributed by atoms with E-state index in [9.17, 15) is 9.59 Å². The van der Waals surface area contributed by atoms with Gasteiger partial charge in [-0.2, -0.15) is 0 Å². The van der Waals surface area contributed by atoms with Crippen LogP contribution >= 0.6 is 0 Å². The highest BCUT2D eigenvalue weighted by Crippen LogP contribution is 2.17. The van der Waals surface area contributed by atoms with Crippen molar-refractivity contribution in [1.29, 1.82) is 0 Å². The molecule has 86 valence electrons. The summed E-state index contributed by atoms with van der Waals surface area (Å²) in [6.45, 7) is -0.256. The third-order valence-electron chi connectivity index (χ3n) is 1.97. The second kappa shape index (κ2) is 5.87. The van der Waals surface area contributed by atoms with Gasteiger partial charge < -0.3 is 9.84 Å². The van der Waals surface area contributed by atoms with E-state index in [0.717, 1.165) is 0 Å². The van der Waals surface area contributed by atoms with Gasteiger partial charge >= 0.3 is 5.97 Å². The van der Waals surface area contributed by atoms with Gasteiger partial charge in [0.1, 0.15) is 5.75 Å². The van der Waals surface area contributed by atoms with Crippen LogP contribution in [0.1, 0.15) is 10.4 Å². The number of hydrogen-bond acceptors (Lipinski definition) is 4. The van der Waals surface area contributed by atoms with Crippen molar-refractivity contribution in [3.05, 3.63) is 29.8 Å². The largest absolute Gasteiger partial charge is 0.496 e. The van der Waals surface area contributed by atoms with Gasteiger partial charge in [0.15, 0.2) is 5.78 Å². The number of ether oxygens (including phenoxy) is 1. The number of carbonyl (C=O) groups is 2. The van der Waals surface area contributed by atoms with E-state index in [0.29, 0.717) is 11.3 Å². The van der Waals surface area contributed by atoms with Crippen LogP contribution in [0.3, 0.4) is 0 Å². The molecule has 5 nitrogen and oxygen atoms in total. The summed E-state index contributed by atoms with van der Waals surface area (Å²) in [6, 6.07) is 6.82. The number of nitrogens with one attached hydrogen (secondary N) is 1. The fourth-order valence-electron chi connectivity index (χ4n) is 1.25. The molecule has 0 aliphatic carbocycles. The number of aliphatic carboxylic acids is 1. The Balaban J connectivity index is 2.62. The van der Waals surface area contributed by atoms with Crippen molar-refractivity contribution in [3.8, 4) is 5.75 Å². The smallest absolute Gasteiger partial charge is 0.317 e. The molecule has 0 aliphatic heterocycles. The molecule has 0 saturated carbocycles. The summed E-state index contributed by atoms with van der Waals surface area (Å²) in [5, 5.41) is 10.9. The van der Waals surface area contributed by atoms with Gasteiger partial charge in [-0.05, 0) is 12.1 Å². The van der Waals surface area contributed by atoms with Crippen LogP contribution in [0.25, 0.3) is 0 Å². The molecule has 5 heteroatoms. The molecule has 0 unspecified atom stereocenters. The van der Waals surface area contributed by atoms with E-state index in [4.69, 9.17) is 9.84 Å². The maximum absolute atomic E-state index is 11.7. The lowest BCUT2D eigenvalue weighted by atomic mass is 10.1. The van der Waals surface area contributed by atoms with Crippen LogP contribution in [0.2, 0.25) is 0 Å². The average Bonchev–Trinajstić information content (AvgIpc) is 2.28. The Morgan fingerprint density at radius 3 is 2.62 bits per heavy atom. The van der Waals surface area contributed by atoms with Crippen LogP contribution in [0, 0.1) is 0 Å². The highest BCUT2D eigenvalue weighted by molar-refractivity contribution is 6.00. The van der Waals surface area contributed by atoms with Crippen LogP contribution in [0.4, 0.5) is 0 Å². The Kier molecular flexibility index (Phi) is 4.47. The summed E-state index contributed by atoms with van der Waals surface area (Å²) in [6.07, 6.45) is 0. The summed E-state index contributed by atoms with van der Waals surface area (Å²) in [4.78, 5) is 21.9. The SMILES string of the molecule is COc1ccccc1C(=O)CNCC(=O)O. The molecule has 0 bridgehead atoms. The van der Waals surface area contributed by atoms with Crippen molar-refractivity contribution >= 4 is 11.8 Å². The number of Topliss-reactive ketones (excluding diaryl/α,β-unsaturated/α-hetero) is 1. The van der Waals surface area contributed by atoms with Crippen LogP contribution in [-0.4, -0.2) is 37.1 Å². The molecule has 1 aromatic rings. The summed E-state index contributed by atoms with van der Waals surface area (Å²) in [5.74, 6) is -0.698. The van der Waals surface area contributed by atoms with Gasteiger partial charge in [0.25, 0.3) is 0 Å². The molecule has 0 spiro atoms. The van der Waals surface area contributed by atoms with Crippen LogP contribution in [0.15, 0.2) is 24.3 Å². The van der Waals surface area contributed by atoms with Crippen LogP contribution < -0.4 is 10.1 Å². The first kappa shape index (κ1) is 12.2. The second-order valence-corrected chi connectivity index (χ2v) is 3.12. The van der Waals surface area contributed by atoms with Crippen LogP contribution in [-0.2, 0) is 4.79 Å². The number of carbonyl (C=O) groups excluding carboxylic acids is 1. The Bertz CT molecular complexity index is 389. The van der Waals surface area contributed by atoms with Gasteiger partial charge in [-0.15, -0.1) is 0 Å². The zero-order valence-corrected chi connectivity index (χ0v) is 8.90. The zero-order chi connectivity index (χ0) is 12.0. The summed E-state index contributed by atoms with van der Waals surface area (Å²) >= 11 is 0. The number of ketones is 1. The first-order valence-electron chi connectivity index (χ1n) is 4.74. The van der Waals surface area contributed by atoms with Crippen LogP contribution in [0.5, 0.6) is 5.75 Å². The maximum Gasteiger partial charge on any atom is 0.317 e. The van der Waals surface area contributed by atoms with Gasteiger partial charge in [0, 0.05) is 0 Å². The highest BCUT2D eigenvalue weighted by atomic mass is 16.5. The molecule has 0 saturated heterocycles. The third-order valence-corrected chi connectivity index (χ3v) is 1.97. The quantitative estimate of drug-likeness (QED) is 0.689. The van der Waals surface area contributed by atoms with E-state index in [1.165, 1.54) is 7.11 Å². The van der Waals surface area contributed by atoms with Crippen molar-refractivity contribution in [2.45, 2.75) is 0 Å². The monoisotopic (exact) mass is 223 g/mol. The Labute approximate surface area is 93.0 Å². The maximum atomic E-state index is 11.7. The topological polar surface area (TPSA) is 75.6 Å². The molecule has 2 N–H and O–H groups in total. The molecule has 0 amide bonds. The van der Waals surface area contributed by atoms with E-state index in [-0.39, 0.29) is 18.9 Å². The van der Waals surface area contributed by atoms with Gasteiger partial charge in [-0.3, -0.25) is 14.9 Å². The van der Waals surface area contributed by atoms with E-state index >= 15 is 0 Å². The molecule has 0 aliphatic rings. The van der Waals surface area contributed by atoms with Crippen molar-refractivity contribution in [1.82, 2.24) is 5.32 Å². The fraction of sp³-hybridized carbons (Fsp3) is 0.273. The first-order chi connectivity index (χ1) is 7.65. The zero-order valence-electron chi connectivity index (χ0n) is 8.90. The standard InChI is InChI=1S/C11H13NO4/c1-16-10-5-3-2-4-8(10)9(13)6-12-7-11(14)15/h2-5,12H,6-7H2,1H3,(H,14,15). The average molecular weight is 223 g/mol. The van der Waals surface area contributed by atoms with Crippen molar-refractivity contribution in [2.24, 2.45) is 0 Å². The summed E-state index contributed by atoms with van der Waals surface area (Å²) in [7, 11) is 1.48. The van der Waals surface area contributed by atoms with E-state index in [1.807, 2.05) is 0 Å². The van der Waals surface area contributed by atoms with E-state index < -0.39 is 5.97 Å². The number of benzene rings is 1. The Morgan fingerprint density at radius 2 is 2.00 bits per heavy atom. The molecular weight excluding hydrogens is 210 g/mol. The number of carboxylic acid groups (broad SMARTS) is 1. The summed E-state index contributed by atoms with van der Waals surface area (Å²) in [5.41, 5.74) is 0.447. The minimum absolute atomic E-state index is 0.0212. The van der Waals surface area contributed by atoms with Gasteiger partial charge in [-0.25, -0.2) is 0 Å². The molecule has 0 fully saturated rings. The molecule has 1 rings (SSSR count). The normalized spacial score (nSPS) is 9.81. The lowest BCUT2D eigenvalue weighted by molar-refractivity contribution is -0.135. The molecule has 0 radical (unpaired) electrons. The number of rotatable bonds is 6. The number of para-hydroxylation sites is 1. The minimum atomic E-state index is -0.993.